The Bertz CT molecular complexity index is 2270. The van der Waals surface area contributed by atoms with Gasteiger partial charge in [0.1, 0.15) is 5.84 Å². The van der Waals surface area contributed by atoms with E-state index in [0.717, 1.165) is 72.8 Å². The fourth-order valence-electron chi connectivity index (χ4n) is 6.01. The van der Waals surface area contributed by atoms with E-state index in [2.05, 4.69) is 107 Å². The smallest absolute Gasteiger partial charge is 0.138 e. The van der Waals surface area contributed by atoms with Gasteiger partial charge in [0, 0.05) is 45.7 Å². The maximum absolute atomic E-state index is 8.04. The van der Waals surface area contributed by atoms with Gasteiger partial charge in [0.25, 0.3) is 0 Å². The van der Waals surface area contributed by atoms with Crippen molar-refractivity contribution in [3.05, 3.63) is 157 Å². The predicted molar refractivity (Wildman–Crippen MR) is 191 cm³/mol. The molecule has 5 heteroatoms. The maximum atomic E-state index is 8.04. The zero-order valence-corrected chi connectivity index (χ0v) is 25.2. The number of aliphatic imine (C=N–C) groups is 1. The van der Waals surface area contributed by atoms with Crippen molar-refractivity contribution in [1.82, 2.24) is 15.3 Å². The van der Waals surface area contributed by atoms with Crippen LogP contribution in [0.5, 0.6) is 0 Å². The maximum Gasteiger partial charge on any atom is 0.138 e. The van der Waals surface area contributed by atoms with Crippen LogP contribution in [0.4, 0.5) is 5.69 Å². The van der Waals surface area contributed by atoms with Crippen LogP contribution in [0.25, 0.3) is 60.9 Å². The van der Waals surface area contributed by atoms with E-state index in [1.165, 1.54) is 10.8 Å². The van der Waals surface area contributed by atoms with Crippen LogP contribution in [-0.4, -0.2) is 21.5 Å². The molecule has 5 aromatic carbocycles. The summed E-state index contributed by atoms with van der Waals surface area (Å²) in [4.78, 5) is 14.4. The van der Waals surface area contributed by atoms with Gasteiger partial charge in [-0.1, -0.05) is 91.0 Å². The number of rotatable bonds is 5. The summed E-state index contributed by atoms with van der Waals surface area (Å²) in [5.41, 5.74) is 10.3. The normalized spacial score (nSPS) is 13.3. The highest BCUT2D eigenvalue weighted by Gasteiger charge is 2.18. The van der Waals surface area contributed by atoms with Gasteiger partial charge in [-0.2, -0.15) is 0 Å². The van der Waals surface area contributed by atoms with E-state index in [1.54, 1.807) is 6.92 Å². The second kappa shape index (κ2) is 11.4. The molecule has 0 unspecified atom stereocenters. The van der Waals surface area contributed by atoms with E-state index in [-0.39, 0.29) is 0 Å². The standard InChI is InChI=1S/C41H29N5/c1-26(42)20-40-36-8-4-5-9-37(36)45-41(46-40)29-13-10-28(11-14-29)35-23-38(32-15-12-27-6-2-3-7-30(27)21-32)44-39(24-35)33-16-17-34-25-43-19-18-31(34)22-33/h2-25,42H,1H3,(H,45,46)/b40-20-,42-26?. The van der Waals surface area contributed by atoms with Crippen molar-refractivity contribution in [2.24, 2.45) is 4.99 Å². The van der Waals surface area contributed by atoms with Gasteiger partial charge in [0.15, 0.2) is 0 Å². The minimum Gasteiger partial charge on any atom is -0.339 e. The number of fused-ring (bicyclic) bond motifs is 3. The van der Waals surface area contributed by atoms with Crippen LogP contribution in [0.2, 0.25) is 0 Å². The Morgan fingerprint density at radius 3 is 2.00 bits per heavy atom. The molecule has 1 aliphatic heterocycles. The number of amidine groups is 1. The number of allylic oxidation sites excluding steroid dienone is 1. The first-order chi connectivity index (χ1) is 22.6. The monoisotopic (exact) mass is 591 g/mol. The molecule has 0 spiro atoms. The van der Waals surface area contributed by atoms with Gasteiger partial charge in [-0.15, -0.1) is 0 Å². The van der Waals surface area contributed by atoms with E-state index < -0.39 is 0 Å². The van der Waals surface area contributed by atoms with Crippen molar-refractivity contribution < 1.29 is 0 Å². The molecule has 5 nitrogen and oxygen atoms in total. The molecule has 218 valence electrons. The first-order valence-corrected chi connectivity index (χ1v) is 15.3. The first kappa shape index (κ1) is 27.4. The lowest BCUT2D eigenvalue weighted by Crippen LogP contribution is -2.26. The van der Waals surface area contributed by atoms with Crippen molar-refractivity contribution in [3.63, 3.8) is 0 Å². The lowest BCUT2D eigenvalue weighted by Gasteiger charge is -2.21. The third kappa shape index (κ3) is 5.24. The number of pyridine rings is 2. The van der Waals surface area contributed by atoms with Crippen molar-refractivity contribution in [2.75, 3.05) is 0 Å². The minimum atomic E-state index is 0.479. The molecule has 0 fully saturated rings. The highest BCUT2D eigenvalue weighted by Crippen LogP contribution is 2.34. The van der Waals surface area contributed by atoms with E-state index in [4.69, 9.17) is 15.4 Å². The molecule has 0 aliphatic carbocycles. The molecule has 0 bridgehead atoms. The first-order valence-electron chi connectivity index (χ1n) is 15.3. The Balaban J connectivity index is 1.22. The Labute approximate surface area is 267 Å². The summed E-state index contributed by atoms with van der Waals surface area (Å²) in [6.45, 7) is 1.78. The van der Waals surface area contributed by atoms with Crippen LogP contribution >= 0.6 is 0 Å². The summed E-state index contributed by atoms with van der Waals surface area (Å²) < 4.78 is 0. The predicted octanol–water partition coefficient (Wildman–Crippen LogP) is 9.85. The van der Waals surface area contributed by atoms with Gasteiger partial charge in [-0.05, 0) is 76.7 Å². The van der Waals surface area contributed by atoms with Crippen LogP contribution in [0.3, 0.4) is 0 Å². The molecule has 0 saturated heterocycles. The zero-order valence-electron chi connectivity index (χ0n) is 25.2. The molecular formula is C41H29N5. The lowest BCUT2D eigenvalue weighted by atomic mass is 9.97. The number of nitrogens with one attached hydrogen (secondary N) is 2. The number of hydrogen-bond acceptors (Lipinski definition) is 5. The average Bonchev–Trinajstić information content (AvgIpc) is 3.11. The molecule has 0 saturated carbocycles. The summed E-state index contributed by atoms with van der Waals surface area (Å²) in [7, 11) is 0. The van der Waals surface area contributed by atoms with E-state index in [1.807, 2.05) is 48.8 Å². The fraction of sp³-hybridized carbons (Fsp3) is 0.0244. The Morgan fingerprint density at radius 1 is 0.609 bits per heavy atom. The van der Waals surface area contributed by atoms with Gasteiger partial charge in [0.2, 0.25) is 0 Å². The third-order valence-electron chi connectivity index (χ3n) is 8.34. The van der Waals surface area contributed by atoms with Crippen LogP contribution in [0.1, 0.15) is 18.1 Å². The van der Waals surface area contributed by atoms with E-state index >= 15 is 0 Å². The molecule has 2 aromatic heterocycles. The topological polar surface area (TPSA) is 74.0 Å². The summed E-state index contributed by atoms with van der Waals surface area (Å²) in [6.07, 6.45) is 5.56. The minimum absolute atomic E-state index is 0.479. The number of aromatic nitrogens is 2. The Hall–Kier alpha value is -6.20. The molecule has 0 atom stereocenters. The molecule has 3 heterocycles. The van der Waals surface area contributed by atoms with Crippen molar-refractivity contribution in [1.29, 1.82) is 5.41 Å². The van der Waals surface area contributed by atoms with Crippen molar-refractivity contribution >= 4 is 44.5 Å². The molecule has 0 radical (unpaired) electrons. The molecule has 0 amide bonds. The number of nitrogens with zero attached hydrogens (tertiary/aromatic N) is 3. The molecular weight excluding hydrogens is 562 g/mol. The fourth-order valence-corrected chi connectivity index (χ4v) is 6.01. The molecule has 1 aliphatic rings. The van der Waals surface area contributed by atoms with Gasteiger partial charge in [0.05, 0.1) is 22.8 Å². The van der Waals surface area contributed by atoms with Gasteiger partial charge in [-0.25, -0.2) is 9.98 Å². The van der Waals surface area contributed by atoms with Gasteiger partial charge in [-0.3, -0.25) is 4.98 Å². The summed E-state index contributed by atoms with van der Waals surface area (Å²) in [5, 5.41) is 16.1. The quantitative estimate of drug-likeness (QED) is 0.196. The van der Waals surface area contributed by atoms with Crippen molar-refractivity contribution in [2.45, 2.75) is 6.92 Å². The van der Waals surface area contributed by atoms with Gasteiger partial charge >= 0.3 is 0 Å². The molecule has 7 aromatic rings. The third-order valence-corrected chi connectivity index (χ3v) is 8.34. The molecule has 46 heavy (non-hydrogen) atoms. The summed E-state index contributed by atoms with van der Waals surface area (Å²) >= 11 is 0. The highest BCUT2D eigenvalue weighted by molar-refractivity contribution is 6.11. The van der Waals surface area contributed by atoms with E-state index in [0.29, 0.717) is 5.71 Å². The van der Waals surface area contributed by atoms with Gasteiger partial charge < -0.3 is 10.7 Å². The highest BCUT2D eigenvalue weighted by atomic mass is 15.0. The number of benzene rings is 5. The molecule has 8 rings (SSSR count). The average molecular weight is 592 g/mol. The lowest BCUT2D eigenvalue weighted by molar-refractivity contribution is 1.22. The van der Waals surface area contributed by atoms with Crippen molar-refractivity contribution in [3.8, 4) is 33.6 Å². The van der Waals surface area contributed by atoms with E-state index in [9.17, 15) is 0 Å². The Kier molecular flexibility index (Phi) is 6.77. The number of hydrogen-bond donors (Lipinski definition) is 2. The number of para-hydroxylation sites is 1. The van der Waals surface area contributed by atoms with Crippen LogP contribution in [-0.2, 0) is 0 Å². The summed E-state index contributed by atoms with van der Waals surface area (Å²) in [6, 6.07) is 44.2. The molecule has 2 N–H and O–H groups in total. The van der Waals surface area contributed by atoms with Crippen LogP contribution in [0, 0.1) is 5.41 Å². The second-order valence-corrected chi connectivity index (χ2v) is 11.5. The largest absolute Gasteiger partial charge is 0.339 e. The SMILES string of the molecule is CC(=N)/C=C1\NC(c2ccc(-c3cc(-c4ccc5ccccc5c4)nc(-c4ccc5cnccc5c4)c3)cc2)=Nc2ccccc21. The second-order valence-electron chi connectivity index (χ2n) is 11.5. The van der Waals surface area contributed by atoms with Crippen LogP contribution < -0.4 is 5.32 Å². The van der Waals surface area contributed by atoms with Crippen LogP contribution in [0.15, 0.2) is 151 Å². The Morgan fingerprint density at radius 2 is 1.24 bits per heavy atom. The summed E-state index contributed by atoms with van der Waals surface area (Å²) in [5.74, 6) is 0.760. The zero-order chi connectivity index (χ0) is 31.0.